The minimum Gasteiger partial charge on any atom is -0.367 e. The number of hydrogen-bond donors (Lipinski definition) is 1. The van der Waals surface area contributed by atoms with Gasteiger partial charge in [0.1, 0.15) is 5.82 Å². The van der Waals surface area contributed by atoms with Crippen molar-refractivity contribution in [2.75, 3.05) is 11.9 Å². The molecule has 49 heavy (non-hydrogen) atoms. The van der Waals surface area contributed by atoms with Gasteiger partial charge in [-0.05, 0) is 71.4 Å². The maximum atomic E-state index is 3.65. The molecule has 1 N–H and O–H groups in total. The zero-order valence-electron chi connectivity index (χ0n) is 26.5. The van der Waals surface area contributed by atoms with E-state index in [4.69, 9.17) is 0 Å². The zero-order chi connectivity index (χ0) is 31.8. The monoisotopic (exact) mass is 624 g/mol. The van der Waals surface area contributed by atoms with Gasteiger partial charge in [0, 0.05) is 61.2 Å². The second-order valence-electron chi connectivity index (χ2n) is 13.4. The smallest absolute Gasteiger partial charge is 0.119 e. The Morgan fingerprint density at radius 3 is 1.88 bits per heavy atom. The zero-order valence-corrected chi connectivity index (χ0v) is 26.5. The third kappa shape index (κ3) is 3.18. The second kappa shape index (κ2) is 9.09. The topological polar surface area (TPSA) is 26.3 Å². The fourth-order valence-electron chi connectivity index (χ4n) is 8.93. The first-order valence-corrected chi connectivity index (χ1v) is 17.0. The Morgan fingerprint density at radius 1 is 0.449 bits per heavy atom. The summed E-state index contributed by atoms with van der Waals surface area (Å²) in [5.74, 6) is 1.15. The van der Waals surface area contributed by atoms with Crippen LogP contribution in [0, 0.1) is 0 Å². The molecule has 0 saturated heterocycles. The summed E-state index contributed by atoms with van der Waals surface area (Å²) >= 11 is 0. The van der Waals surface area contributed by atoms with Crippen molar-refractivity contribution >= 4 is 93.5 Å². The number of para-hydroxylation sites is 3. The minimum absolute atomic E-state index is 0.826. The van der Waals surface area contributed by atoms with Gasteiger partial charge in [0.05, 0.1) is 33.1 Å². The van der Waals surface area contributed by atoms with Crippen molar-refractivity contribution in [3.05, 3.63) is 151 Å². The van der Waals surface area contributed by atoms with Crippen LogP contribution in [0.1, 0.15) is 5.56 Å². The molecule has 0 bridgehead atoms. The van der Waals surface area contributed by atoms with Crippen LogP contribution in [0.4, 0.5) is 5.82 Å². The average Bonchev–Trinajstić information content (AvgIpc) is 3.88. The Kier molecular flexibility index (Phi) is 4.74. The largest absolute Gasteiger partial charge is 0.367 e. The molecule has 0 unspecified atom stereocenters. The van der Waals surface area contributed by atoms with E-state index in [1.165, 1.54) is 87.1 Å². The lowest BCUT2D eigenvalue weighted by atomic mass is 10.0. The molecule has 4 heteroatoms. The van der Waals surface area contributed by atoms with Crippen molar-refractivity contribution in [2.24, 2.45) is 0 Å². The molecule has 4 nitrogen and oxygen atoms in total. The summed E-state index contributed by atoms with van der Waals surface area (Å²) < 4.78 is 7.35. The molecule has 0 atom stereocenters. The first kappa shape index (κ1) is 25.6. The summed E-state index contributed by atoms with van der Waals surface area (Å²) in [6.07, 6.45) is 4.45. The van der Waals surface area contributed by atoms with Gasteiger partial charge in [0.15, 0.2) is 0 Å². The van der Waals surface area contributed by atoms with E-state index in [-0.39, 0.29) is 0 Å². The van der Waals surface area contributed by atoms with Crippen molar-refractivity contribution in [1.82, 2.24) is 13.5 Å². The van der Waals surface area contributed by atoms with Gasteiger partial charge < -0.3 is 14.3 Å². The fourth-order valence-corrected chi connectivity index (χ4v) is 8.93. The van der Waals surface area contributed by atoms with E-state index in [0.29, 0.717) is 0 Å². The Morgan fingerprint density at radius 2 is 1.08 bits per heavy atom. The average molecular weight is 625 g/mol. The summed E-state index contributed by atoms with van der Waals surface area (Å²) in [6, 6.07) is 51.6. The van der Waals surface area contributed by atoms with Crippen molar-refractivity contribution in [1.29, 1.82) is 0 Å². The van der Waals surface area contributed by atoms with Crippen LogP contribution < -0.4 is 5.32 Å². The molecular formula is C45H28N4. The van der Waals surface area contributed by atoms with Crippen molar-refractivity contribution in [3.8, 4) is 11.4 Å². The Labute approximate surface area is 280 Å². The Hall–Kier alpha value is -6.52. The lowest BCUT2D eigenvalue weighted by Gasteiger charge is -2.16. The van der Waals surface area contributed by atoms with E-state index in [0.717, 1.165) is 23.7 Å². The second-order valence-corrected chi connectivity index (χ2v) is 13.4. The number of fused-ring (bicyclic) bond motifs is 14. The fraction of sp³-hybridized carbons (Fsp3) is 0.0222. The third-order valence-corrected chi connectivity index (χ3v) is 10.9. The predicted molar refractivity (Wildman–Crippen MR) is 207 cm³/mol. The highest BCUT2D eigenvalue weighted by Crippen LogP contribution is 2.47. The van der Waals surface area contributed by atoms with E-state index in [1.54, 1.807) is 0 Å². The van der Waals surface area contributed by atoms with Gasteiger partial charge in [-0.1, -0.05) is 91.0 Å². The van der Waals surface area contributed by atoms with Gasteiger partial charge in [0.25, 0.3) is 0 Å². The summed E-state index contributed by atoms with van der Waals surface area (Å²) in [5.41, 5.74) is 11.0. The summed E-state index contributed by atoms with van der Waals surface area (Å²) in [4.78, 5) is 0. The molecule has 0 spiro atoms. The molecule has 1 aliphatic heterocycles. The molecule has 0 aliphatic carbocycles. The van der Waals surface area contributed by atoms with Gasteiger partial charge in [-0.15, -0.1) is 0 Å². The molecule has 1 aliphatic rings. The van der Waals surface area contributed by atoms with E-state index in [9.17, 15) is 0 Å². The van der Waals surface area contributed by atoms with Gasteiger partial charge >= 0.3 is 0 Å². The van der Waals surface area contributed by atoms with Crippen LogP contribution in [-0.2, 0) is 0 Å². The number of anilines is 1. The first-order valence-electron chi connectivity index (χ1n) is 17.0. The minimum atomic E-state index is 0.826. The lowest BCUT2D eigenvalue weighted by Crippen LogP contribution is -2.08. The number of aromatic nitrogens is 3. The third-order valence-electron chi connectivity index (χ3n) is 10.9. The number of rotatable bonds is 2. The summed E-state index contributed by atoms with van der Waals surface area (Å²) in [7, 11) is 0. The predicted octanol–water partition coefficient (Wildman–Crippen LogP) is 11.5. The molecule has 4 aromatic heterocycles. The van der Waals surface area contributed by atoms with Crippen LogP contribution in [0.25, 0.3) is 99.0 Å². The highest BCUT2D eigenvalue weighted by Gasteiger charge is 2.25. The van der Waals surface area contributed by atoms with Crippen LogP contribution in [0.3, 0.4) is 0 Å². The quantitative estimate of drug-likeness (QED) is 0.203. The Bertz CT molecular complexity index is 3200. The van der Waals surface area contributed by atoms with Gasteiger partial charge in [0.2, 0.25) is 0 Å². The molecular weight excluding hydrogens is 597 g/mol. The maximum Gasteiger partial charge on any atom is 0.119 e. The van der Waals surface area contributed by atoms with Gasteiger partial charge in [-0.3, -0.25) is 4.57 Å². The number of nitrogens with one attached hydrogen (secondary N) is 1. The van der Waals surface area contributed by atoms with Crippen LogP contribution in [-0.4, -0.2) is 20.1 Å². The molecule has 5 heterocycles. The molecule has 228 valence electrons. The molecule has 11 aromatic rings. The molecule has 0 radical (unpaired) electrons. The van der Waals surface area contributed by atoms with E-state index in [1.807, 2.05) is 0 Å². The maximum absolute atomic E-state index is 3.65. The highest BCUT2D eigenvalue weighted by atomic mass is 15.1. The van der Waals surface area contributed by atoms with Crippen LogP contribution in [0.15, 0.2) is 146 Å². The molecule has 7 aromatic carbocycles. The van der Waals surface area contributed by atoms with Crippen molar-refractivity contribution in [3.63, 3.8) is 0 Å². The number of hydrogen-bond acceptors (Lipinski definition) is 1. The Balaban J connectivity index is 1.21. The van der Waals surface area contributed by atoms with Crippen LogP contribution in [0.5, 0.6) is 0 Å². The SMILES string of the molecule is C1=Cc2c(n(-c3ccc(-n4c5cc6ccccc6cc5c5c6c7ccccc7n7c8ccccc8c(cc54)c67)cc3)c3ccccc23)NC1. The first-order chi connectivity index (χ1) is 24.3. The summed E-state index contributed by atoms with van der Waals surface area (Å²) in [6.45, 7) is 0.826. The van der Waals surface area contributed by atoms with Gasteiger partial charge in [-0.2, -0.15) is 0 Å². The number of nitrogens with zero attached hydrogens (tertiary/aromatic N) is 3. The number of benzene rings is 7. The normalized spacial score (nSPS) is 13.3. The summed E-state index contributed by atoms with van der Waals surface area (Å²) in [5, 5.41) is 15.2. The lowest BCUT2D eigenvalue weighted by molar-refractivity contribution is 1.09. The van der Waals surface area contributed by atoms with E-state index in [2.05, 4.69) is 171 Å². The van der Waals surface area contributed by atoms with Gasteiger partial charge in [-0.25, -0.2) is 0 Å². The van der Waals surface area contributed by atoms with Crippen molar-refractivity contribution < 1.29 is 0 Å². The molecule has 0 saturated carbocycles. The molecule has 0 fully saturated rings. The van der Waals surface area contributed by atoms with Crippen molar-refractivity contribution in [2.45, 2.75) is 0 Å². The van der Waals surface area contributed by atoms with Crippen LogP contribution in [0.2, 0.25) is 0 Å². The van der Waals surface area contributed by atoms with E-state index < -0.39 is 0 Å². The van der Waals surface area contributed by atoms with Crippen LogP contribution >= 0.6 is 0 Å². The standard InChI is InChI=1S/C45H28N4/c1-2-11-28-25-40-36(24-27(28)10-1)42-41(26-35-32-13-4-7-17-38(32)49-39-18-8-5-14-34(39)43(42)44(35)49)47(40)29-19-21-30(22-20-29)48-37-16-6-3-12-31(37)33-15-9-23-46-45(33)48/h1-22,24-26,46H,23H2. The van der Waals surface area contributed by atoms with E-state index >= 15 is 0 Å². The highest BCUT2D eigenvalue weighted by molar-refractivity contribution is 6.36. The molecule has 12 rings (SSSR count). The molecule has 0 amide bonds.